The minimum atomic E-state index is 0.394. The van der Waals surface area contributed by atoms with Crippen LogP contribution in [0.5, 0.6) is 11.6 Å². The van der Waals surface area contributed by atoms with Crippen LogP contribution in [0.3, 0.4) is 0 Å². The van der Waals surface area contributed by atoms with Crippen molar-refractivity contribution in [2.75, 3.05) is 63.8 Å². The molecule has 0 radical (unpaired) electrons. The highest BCUT2D eigenvalue weighted by Crippen LogP contribution is 2.29. The standard InChI is InChI=1S/C26H30N8O3/c1-35-23-13-18(3-4-19(23)14-27)20-15-28-25(29-16-20)31-22-17-30-26(32-24(22)36-2)34-7-5-21(6-8-34)33-9-11-37-12-10-33/h3-4,13,15-17,21H,5-12H2,1-2H3,(H,28,29,31). The van der Waals surface area contributed by atoms with Crippen LogP contribution in [0.4, 0.5) is 17.6 Å². The first-order chi connectivity index (χ1) is 18.2. The third-order valence-corrected chi connectivity index (χ3v) is 6.80. The fourth-order valence-electron chi connectivity index (χ4n) is 4.75. The molecule has 192 valence electrons. The predicted molar refractivity (Wildman–Crippen MR) is 138 cm³/mol. The Labute approximate surface area is 216 Å². The minimum Gasteiger partial charge on any atom is -0.495 e. The number of rotatable bonds is 7. The maximum absolute atomic E-state index is 9.19. The highest BCUT2D eigenvalue weighted by atomic mass is 16.5. The van der Waals surface area contributed by atoms with E-state index < -0.39 is 0 Å². The molecule has 2 fully saturated rings. The van der Waals surface area contributed by atoms with Crippen molar-refractivity contribution in [3.8, 4) is 28.8 Å². The van der Waals surface area contributed by atoms with E-state index in [4.69, 9.17) is 14.2 Å². The van der Waals surface area contributed by atoms with Crippen LogP contribution in [0.25, 0.3) is 11.1 Å². The fraction of sp³-hybridized carbons (Fsp3) is 0.423. The maximum Gasteiger partial charge on any atom is 0.242 e. The Bertz CT molecular complexity index is 1250. The van der Waals surface area contributed by atoms with Crippen molar-refractivity contribution in [2.45, 2.75) is 18.9 Å². The van der Waals surface area contributed by atoms with Gasteiger partial charge in [-0.15, -0.1) is 0 Å². The number of morpholine rings is 1. The van der Waals surface area contributed by atoms with Gasteiger partial charge in [-0.2, -0.15) is 10.2 Å². The van der Waals surface area contributed by atoms with Gasteiger partial charge in [0.1, 0.15) is 17.5 Å². The van der Waals surface area contributed by atoms with Gasteiger partial charge in [-0.1, -0.05) is 6.07 Å². The summed E-state index contributed by atoms with van der Waals surface area (Å²) >= 11 is 0. The van der Waals surface area contributed by atoms with Gasteiger partial charge in [-0.25, -0.2) is 15.0 Å². The smallest absolute Gasteiger partial charge is 0.242 e. The number of hydrogen-bond acceptors (Lipinski definition) is 11. The van der Waals surface area contributed by atoms with Crippen LogP contribution in [0, 0.1) is 11.3 Å². The normalized spacial score (nSPS) is 16.7. The van der Waals surface area contributed by atoms with Crippen molar-refractivity contribution in [2.24, 2.45) is 0 Å². The van der Waals surface area contributed by atoms with Crippen LogP contribution in [-0.2, 0) is 4.74 Å². The van der Waals surface area contributed by atoms with E-state index in [1.165, 1.54) is 7.11 Å². The number of nitrogens with zero attached hydrogens (tertiary/aromatic N) is 7. The lowest BCUT2D eigenvalue weighted by molar-refractivity contribution is 0.0114. The van der Waals surface area contributed by atoms with Gasteiger partial charge in [-0.3, -0.25) is 4.90 Å². The van der Waals surface area contributed by atoms with E-state index in [2.05, 4.69) is 41.1 Å². The quantitative estimate of drug-likeness (QED) is 0.513. The summed E-state index contributed by atoms with van der Waals surface area (Å²) in [6.45, 7) is 5.49. The maximum atomic E-state index is 9.19. The van der Waals surface area contributed by atoms with E-state index in [0.717, 1.165) is 63.4 Å². The van der Waals surface area contributed by atoms with E-state index in [9.17, 15) is 5.26 Å². The van der Waals surface area contributed by atoms with Gasteiger partial charge < -0.3 is 24.4 Å². The molecule has 0 aliphatic carbocycles. The minimum absolute atomic E-state index is 0.394. The second kappa shape index (κ2) is 11.4. The Kier molecular flexibility index (Phi) is 7.58. The van der Waals surface area contributed by atoms with Crippen LogP contribution < -0.4 is 19.7 Å². The lowest BCUT2D eigenvalue weighted by atomic mass is 10.0. The lowest BCUT2D eigenvalue weighted by Gasteiger charge is -2.40. The largest absolute Gasteiger partial charge is 0.495 e. The number of ether oxygens (including phenoxy) is 3. The zero-order chi connectivity index (χ0) is 25.6. The third-order valence-electron chi connectivity index (χ3n) is 6.80. The Balaban J connectivity index is 1.24. The molecule has 11 nitrogen and oxygen atoms in total. The Morgan fingerprint density at radius 3 is 2.41 bits per heavy atom. The molecule has 1 N–H and O–H groups in total. The number of anilines is 3. The highest BCUT2D eigenvalue weighted by molar-refractivity contribution is 5.67. The van der Waals surface area contributed by atoms with Crippen molar-refractivity contribution in [3.63, 3.8) is 0 Å². The second-order valence-corrected chi connectivity index (χ2v) is 8.91. The van der Waals surface area contributed by atoms with Crippen molar-refractivity contribution in [3.05, 3.63) is 42.4 Å². The molecule has 2 aromatic heterocycles. The van der Waals surface area contributed by atoms with Gasteiger partial charge in [0.15, 0.2) is 0 Å². The number of nitriles is 1. The molecular formula is C26H30N8O3. The summed E-state index contributed by atoms with van der Waals surface area (Å²) < 4.78 is 16.3. The zero-order valence-corrected chi connectivity index (χ0v) is 21.1. The monoisotopic (exact) mass is 502 g/mol. The predicted octanol–water partition coefficient (Wildman–Crippen LogP) is 2.87. The SMILES string of the molecule is COc1cc(-c2cnc(Nc3cnc(N4CCC(N5CCOCC5)CC4)nc3OC)nc2)ccc1C#N. The summed E-state index contributed by atoms with van der Waals surface area (Å²) in [5.74, 6) is 2.00. The number of benzene rings is 1. The van der Waals surface area contributed by atoms with E-state index in [1.54, 1.807) is 37.8 Å². The highest BCUT2D eigenvalue weighted by Gasteiger charge is 2.27. The molecule has 0 atom stereocenters. The van der Waals surface area contributed by atoms with E-state index in [-0.39, 0.29) is 0 Å². The first kappa shape index (κ1) is 24.7. The number of aromatic nitrogens is 4. The van der Waals surface area contributed by atoms with Crippen molar-refractivity contribution >= 4 is 17.6 Å². The summed E-state index contributed by atoms with van der Waals surface area (Å²) in [5, 5.41) is 12.3. The molecule has 1 aromatic carbocycles. The Morgan fingerprint density at radius 2 is 1.73 bits per heavy atom. The molecule has 0 spiro atoms. The average molecular weight is 503 g/mol. The number of hydrogen-bond donors (Lipinski definition) is 1. The van der Waals surface area contributed by atoms with Gasteiger partial charge >= 0.3 is 0 Å². The van der Waals surface area contributed by atoms with Gasteiger partial charge in [-0.05, 0) is 30.5 Å². The molecule has 2 aliphatic rings. The van der Waals surface area contributed by atoms with Crippen molar-refractivity contribution in [1.82, 2.24) is 24.8 Å². The molecule has 4 heterocycles. The Morgan fingerprint density at radius 1 is 0.973 bits per heavy atom. The molecule has 0 unspecified atom stereocenters. The van der Waals surface area contributed by atoms with Crippen molar-refractivity contribution < 1.29 is 14.2 Å². The fourth-order valence-corrected chi connectivity index (χ4v) is 4.75. The number of methoxy groups -OCH3 is 2. The molecule has 0 amide bonds. The lowest BCUT2D eigenvalue weighted by Crippen LogP contribution is -2.49. The first-order valence-electron chi connectivity index (χ1n) is 12.3. The summed E-state index contributed by atoms with van der Waals surface area (Å²) in [6.07, 6.45) is 7.28. The second-order valence-electron chi connectivity index (χ2n) is 8.91. The van der Waals surface area contributed by atoms with E-state index in [1.807, 2.05) is 6.07 Å². The number of nitrogens with one attached hydrogen (secondary N) is 1. The molecule has 37 heavy (non-hydrogen) atoms. The van der Waals surface area contributed by atoms with E-state index >= 15 is 0 Å². The molecule has 11 heteroatoms. The van der Waals surface area contributed by atoms with Gasteiger partial charge in [0.25, 0.3) is 0 Å². The average Bonchev–Trinajstić information content (AvgIpc) is 2.98. The molecule has 2 aliphatic heterocycles. The topological polar surface area (TPSA) is 122 Å². The molecule has 0 bridgehead atoms. The molecular weight excluding hydrogens is 472 g/mol. The van der Waals surface area contributed by atoms with Crippen molar-refractivity contribution in [1.29, 1.82) is 5.26 Å². The van der Waals surface area contributed by atoms with Gasteiger partial charge in [0, 0.05) is 50.2 Å². The summed E-state index contributed by atoms with van der Waals surface area (Å²) in [6, 6.07) is 8.06. The molecule has 0 saturated carbocycles. The Hall–Kier alpha value is -4.01. The van der Waals surface area contributed by atoms with Gasteiger partial charge in [0.2, 0.25) is 17.8 Å². The first-order valence-corrected chi connectivity index (χ1v) is 12.3. The van der Waals surface area contributed by atoms with Crippen LogP contribution in [0.2, 0.25) is 0 Å². The van der Waals surface area contributed by atoms with Crippen LogP contribution in [0.1, 0.15) is 18.4 Å². The summed E-state index contributed by atoms with van der Waals surface area (Å²) in [4.78, 5) is 22.8. The van der Waals surface area contributed by atoms with Crippen LogP contribution >= 0.6 is 0 Å². The van der Waals surface area contributed by atoms with Gasteiger partial charge in [0.05, 0.1) is 39.2 Å². The molecule has 5 rings (SSSR count). The zero-order valence-electron chi connectivity index (χ0n) is 21.1. The molecule has 3 aromatic rings. The summed E-state index contributed by atoms with van der Waals surface area (Å²) in [5.41, 5.74) is 2.71. The summed E-state index contributed by atoms with van der Waals surface area (Å²) in [7, 11) is 3.13. The van der Waals surface area contributed by atoms with E-state index in [0.29, 0.717) is 40.8 Å². The van der Waals surface area contributed by atoms with Crippen LogP contribution in [0.15, 0.2) is 36.8 Å². The molecule has 2 saturated heterocycles. The third kappa shape index (κ3) is 5.55. The number of piperidine rings is 1. The van der Waals surface area contributed by atoms with Crippen LogP contribution in [-0.4, -0.2) is 84.5 Å².